The van der Waals surface area contributed by atoms with Gasteiger partial charge < -0.3 is 9.84 Å². The summed E-state index contributed by atoms with van der Waals surface area (Å²) in [6.07, 6.45) is 1.89. The van der Waals surface area contributed by atoms with Gasteiger partial charge >= 0.3 is 5.97 Å². The molecule has 84 valence electrons. The second kappa shape index (κ2) is 5.50. The zero-order valence-corrected chi connectivity index (χ0v) is 9.06. The standard InChI is InChI=1S/C10H16N2O3/c1-3-15-10(14)6-9-8(2)7-11-12(9)4-5-13/h7,13H,3-6H2,1-2H3. The Labute approximate surface area is 88.7 Å². The van der Waals surface area contributed by atoms with Crippen molar-refractivity contribution in [2.24, 2.45) is 0 Å². The summed E-state index contributed by atoms with van der Waals surface area (Å²) in [5.74, 6) is -0.264. The molecule has 1 N–H and O–H groups in total. The first-order valence-corrected chi connectivity index (χ1v) is 4.96. The Balaban J connectivity index is 2.73. The third kappa shape index (κ3) is 3.06. The summed E-state index contributed by atoms with van der Waals surface area (Å²) in [6.45, 7) is 4.46. The van der Waals surface area contributed by atoms with E-state index in [-0.39, 0.29) is 19.0 Å². The predicted molar refractivity (Wildman–Crippen MR) is 54.4 cm³/mol. The van der Waals surface area contributed by atoms with Gasteiger partial charge in [0, 0.05) is 0 Å². The topological polar surface area (TPSA) is 64.3 Å². The smallest absolute Gasteiger partial charge is 0.311 e. The molecule has 1 aromatic heterocycles. The highest BCUT2D eigenvalue weighted by molar-refractivity contribution is 5.72. The number of aryl methyl sites for hydroxylation is 1. The molecular formula is C10H16N2O3. The van der Waals surface area contributed by atoms with E-state index >= 15 is 0 Å². The molecule has 0 unspecified atom stereocenters. The summed E-state index contributed by atoms with van der Waals surface area (Å²) in [4.78, 5) is 11.3. The van der Waals surface area contributed by atoms with E-state index in [1.165, 1.54) is 0 Å². The Morgan fingerprint density at radius 1 is 1.67 bits per heavy atom. The lowest BCUT2D eigenvalue weighted by Gasteiger charge is -2.06. The van der Waals surface area contributed by atoms with Gasteiger partial charge in [-0.3, -0.25) is 9.48 Å². The van der Waals surface area contributed by atoms with Gasteiger partial charge in [0.15, 0.2) is 0 Å². The van der Waals surface area contributed by atoms with E-state index < -0.39 is 0 Å². The number of aromatic nitrogens is 2. The zero-order valence-electron chi connectivity index (χ0n) is 9.06. The highest BCUT2D eigenvalue weighted by Gasteiger charge is 2.12. The van der Waals surface area contributed by atoms with Gasteiger partial charge in [0.2, 0.25) is 0 Å². The molecule has 5 heteroatoms. The van der Waals surface area contributed by atoms with Crippen LogP contribution in [0.3, 0.4) is 0 Å². The highest BCUT2D eigenvalue weighted by atomic mass is 16.5. The molecule has 0 aliphatic carbocycles. The Morgan fingerprint density at radius 3 is 3.00 bits per heavy atom. The van der Waals surface area contributed by atoms with Crippen molar-refractivity contribution in [1.29, 1.82) is 0 Å². The second-order valence-corrected chi connectivity index (χ2v) is 3.20. The molecule has 0 amide bonds. The van der Waals surface area contributed by atoms with Gasteiger partial charge in [0.05, 0.1) is 38.1 Å². The van der Waals surface area contributed by atoms with E-state index in [2.05, 4.69) is 5.10 Å². The fraction of sp³-hybridized carbons (Fsp3) is 0.600. The molecular weight excluding hydrogens is 196 g/mol. The normalized spacial score (nSPS) is 10.3. The monoisotopic (exact) mass is 212 g/mol. The molecule has 0 aliphatic heterocycles. The number of rotatable bonds is 5. The number of ether oxygens (including phenoxy) is 1. The third-order valence-corrected chi connectivity index (χ3v) is 2.09. The summed E-state index contributed by atoms with van der Waals surface area (Å²) in [7, 11) is 0. The van der Waals surface area contributed by atoms with Crippen LogP contribution in [0.25, 0.3) is 0 Å². The van der Waals surface area contributed by atoms with E-state index in [0.29, 0.717) is 13.2 Å². The molecule has 1 rings (SSSR count). The van der Waals surface area contributed by atoms with E-state index in [9.17, 15) is 4.79 Å². The third-order valence-electron chi connectivity index (χ3n) is 2.09. The fourth-order valence-corrected chi connectivity index (χ4v) is 1.37. The van der Waals surface area contributed by atoms with Crippen molar-refractivity contribution in [3.05, 3.63) is 17.5 Å². The quantitative estimate of drug-likeness (QED) is 0.712. The Kier molecular flexibility index (Phi) is 4.30. The first-order valence-electron chi connectivity index (χ1n) is 4.96. The van der Waals surface area contributed by atoms with Gasteiger partial charge in [0.25, 0.3) is 0 Å². The van der Waals surface area contributed by atoms with Crippen molar-refractivity contribution in [2.75, 3.05) is 13.2 Å². The predicted octanol–water partition coefficient (Wildman–Crippen LogP) is 0.289. The number of hydrogen-bond donors (Lipinski definition) is 1. The Bertz CT molecular complexity index is 333. The van der Waals surface area contributed by atoms with Crippen molar-refractivity contribution >= 4 is 5.97 Å². The van der Waals surface area contributed by atoms with Crippen LogP contribution in [0.15, 0.2) is 6.20 Å². The molecule has 0 aromatic carbocycles. The van der Waals surface area contributed by atoms with Crippen LogP contribution >= 0.6 is 0 Å². The molecule has 0 aliphatic rings. The van der Waals surface area contributed by atoms with Gasteiger partial charge in [-0.15, -0.1) is 0 Å². The van der Waals surface area contributed by atoms with Crippen LogP contribution in [0, 0.1) is 6.92 Å². The van der Waals surface area contributed by atoms with Gasteiger partial charge in [-0.1, -0.05) is 0 Å². The van der Waals surface area contributed by atoms with Crippen LogP contribution in [-0.4, -0.2) is 34.1 Å². The molecule has 0 bridgehead atoms. The number of aliphatic hydroxyl groups excluding tert-OH is 1. The fourth-order valence-electron chi connectivity index (χ4n) is 1.37. The molecule has 5 nitrogen and oxygen atoms in total. The van der Waals surface area contributed by atoms with Crippen LogP contribution in [0.5, 0.6) is 0 Å². The molecule has 0 saturated heterocycles. The first-order chi connectivity index (χ1) is 7.19. The molecule has 1 heterocycles. The highest BCUT2D eigenvalue weighted by Crippen LogP contribution is 2.08. The van der Waals surface area contributed by atoms with E-state index in [0.717, 1.165) is 11.3 Å². The number of aliphatic hydroxyl groups is 1. The molecule has 0 fully saturated rings. The van der Waals surface area contributed by atoms with Crippen molar-refractivity contribution < 1.29 is 14.6 Å². The maximum Gasteiger partial charge on any atom is 0.311 e. The first kappa shape index (κ1) is 11.7. The number of carbonyl (C=O) groups is 1. The number of nitrogens with zero attached hydrogens (tertiary/aromatic N) is 2. The Hall–Kier alpha value is -1.36. The molecule has 1 aromatic rings. The van der Waals surface area contributed by atoms with E-state index in [4.69, 9.17) is 9.84 Å². The van der Waals surface area contributed by atoms with Crippen molar-refractivity contribution in [2.45, 2.75) is 26.8 Å². The van der Waals surface area contributed by atoms with Crippen molar-refractivity contribution in [3.63, 3.8) is 0 Å². The van der Waals surface area contributed by atoms with E-state index in [1.54, 1.807) is 17.8 Å². The number of hydrogen-bond acceptors (Lipinski definition) is 4. The summed E-state index contributed by atoms with van der Waals surface area (Å²) in [5.41, 5.74) is 1.75. The lowest BCUT2D eigenvalue weighted by Crippen LogP contribution is -2.14. The Morgan fingerprint density at radius 2 is 2.40 bits per heavy atom. The maximum absolute atomic E-state index is 11.3. The molecule has 15 heavy (non-hydrogen) atoms. The summed E-state index contributed by atoms with van der Waals surface area (Å²) in [6, 6.07) is 0. The minimum Gasteiger partial charge on any atom is -0.466 e. The van der Waals surface area contributed by atoms with Crippen LogP contribution in [0.1, 0.15) is 18.2 Å². The van der Waals surface area contributed by atoms with Crippen LogP contribution in [-0.2, 0) is 22.5 Å². The maximum atomic E-state index is 11.3. The largest absolute Gasteiger partial charge is 0.466 e. The lowest BCUT2D eigenvalue weighted by molar-refractivity contribution is -0.142. The van der Waals surface area contributed by atoms with Gasteiger partial charge in [0.1, 0.15) is 0 Å². The number of carbonyl (C=O) groups excluding carboxylic acids is 1. The average molecular weight is 212 g/mol. The lowest BCUT2D eigenvalue weighted by atomic mass is 10.2. The van der Waals surface area contributed by atoms with Crippen LogP contribution in [0.4, 0.5) is 0 Å². The zero-order chi connectivity index (χ0) is 11.3. The molecule has 0 atom stereocenters. The van der Waals surface area contributed by atoms with Crippen LogP contribution < -0.4 is 0 Å². The van der Waals surface area contributed by atoms with Crippen molar-refractivity contribution in [3.8, 4) is 0 Å². The summed E-state index contributed by atoms with van der Waals surface area (Å²) >= 11 is 0. The SMILES string of the molecule is CCOC(=O)Cc1c(C)cnn1CCO. The molecule has 0 radical (unpaired) electrons. The molecule has 0 spiro atoms. The minimum atomic E-state index is -0.264. The average Bonchev–Trinajstić information content (AvgIpc) is 2.51. The second-order valence-electron chi connectivity index (χ2n) is 3.20. The van der Waals surface area contributed by atoms with Gasteiger partial charge in [-0.05, 0) is 19.4 Å². The van der Waals surface area contributed by atoms with Gasteiger partial charge in [-0.2, -0.15) is 5.10 Å². The summed E-state index contributed by atoms with van der Waals surface area (Å²) < 4.78 is 6.49. The van der Waals surface area contributed by atoms with Crippen molar-refractivity contribution in [1.82, 2.24) is 9.78 Å². The number of esters is 1. The van der Waals surface area contributed by atoms with Crippen LogP contribution in [0.2, 0.25) is 0 Å². The van der Waals surface area contributed by atoms with E-state index in [1.807, 2.05) is 6.92 Å². The van der Waals surface area contributed by atoms with Gasteiger partial charge in [-0.25, -0.2) is 0 Å². The minimum absolute atomic E-state index is 0.0109. The summed E-state index contributed by atoms with van der Waals surface area (Å²) in [5, 5.41) is 12.9. The molecule has 0 saturated carbocycles.